The van der Waals surface area contributed by atoms with Crippen molar-refractivity contribution in [3.8, 4) is 6.07 Å². The molecule has 5 heteroatoms. The molecule has 2 heterocycles. The minimum absolute atomic E-state index is 0.0369. The van der Waals surface area contributed by atoms with Crippen LogP contribution in [0.25, 0.3) is 0 Å². The number of nitrogens with zero attached hydrogens (tertiary/aromatic N) is 3. The first-order valence-electron chi connectivity index (χ1n) is 5.55. The number of Topliss-reactive ketones (excluding diaryl/α,β-unsaturated/α-hetero) is 1. The van der Waals surface area contributed by atoms with Crippen LogP contribution in [0.2, 0.25) is 0 Å². The second-order valence-electron chi connectivity index (χ2n) is 4.05. The van der Waals surface area contributed by atoms with Crippen LogP contribution < -0.4 is 0 Å². The van der Waals surface area contributed by atoms with Gasteiger partial charge in [0.2, 0.25) is 5.91 Å². The van der Waals surface area contributed by atoms with Crippen LogP contribution >= 0.6 is 0 Å². The molecule has 0 saturated carbocycles. The van der Waals surface area contributed by atoms with Crippen molar-refractivity contribution in [3.05, 3.63) is 24.0 Å². The Bertz CT molecular complexity index is 474. The summed E-state index contributed by atoms with van der Waals surface area (Å²) in [5.74, 6) is 0.179. The molecule has 0 radical (unpaired) electrons. The zero-order chi connectivity index (χ0) is 12.3. The standard InChI is InChI=1S/C12H13N3O2/c13-8-10-2-1-5-15(10)9-12(17)14-6-3-11(16)4-7-14/h1-2,5H,3-4,6-7,9H2. The molecular formula is C12H13N3O2. The maximum absolute atomic E-state index is 11.9. The number of nitriles is 1. The van der Waals surface area contributed by atoms with Crippen LogP contribution in [0.1, 0.15) is 18.5 Å². The molecule has 1 aromatic heterocycles. The molecule has 0 atom stereocenters. The maximum Gasteiger partial charge on any atom is 0.242 e. The van der Waals surface area contributed by atoms with Crippen molar-refractivity contribution in [1.29, 1.82) is 5.26 Å². The number of ketones is 1. The van der Waals surface area contributed by atoms with Crippen LogP contribution in [0.5, 0.6) is 0 Å². The van der Waals surface area contributed by atoms with Gasteiger partial charge in [0.05, 0.1) is 0 Å². The number of likely N-dealkylation sites (tertiary alicyclic amines) is 1. The lowest BCUT2D eigenvalue weighted by Crippen LogP contribution is -2.40. The maximum atomic E-state index is 11.9. The van der Waals surface area contributed by atoms with E-state index in [1.165, 1.54) is 0 Å². The van der Waals surface area contributed by atoms with Crippen molar-refractivity contribution in [2.24, 2.45) is 0 Å². The molecule has 0 unspecified atom stereocenters. The Labute approximate surface area is 99.2 Å². The lowest BCUT2D eigenvalue weighted by molar-refractivity contribution is -0.135. The van der Waals surface area contributed by atoms with E-state index in [9.17, 15) is 9.59 Å². The summed E-state index contributed by atoms with van der Waals surface area (Å²) in [6.07, 6.45) is 2.61. The summed E-state index contributed by atoms with van der Waals surface area (Å²) in [7, 11) is 0. The van der Waals surface area contributed by atoms with Gasteiger partial charge in [-0.3, -0.25) is 9.59 Å². The summed E-state index contributed by atoms with van der Waals surface area (Å²) < 4.78 is 1.62. The number of carbonyl (C=O) groups excluding carboxylic acids is 2. The Morgan fingerprint density at radius 2 is 2.12 bits per heavy atom. The summed E-state index contributed by atoms with van der Waals surface area (Å²) in [5, 5.41) is 8.82. The molecule has 0 aromatic carbocycles. The van der Waals surface area contributed by atoms with Crippen LogP contribution in [-0.2, 0) is 16.1 Å². The molecule has 1 amide bonds. The Kier molecular flexibility index (Phi) is 3.24. The SMILES string of the molecule is N#Cc1cccn1CC(=O)N1CCC(=O)CC1. The van der Waals surface area contributed by atoms with Crippen molar-refractivity contribution < 1.29 is 9.59 Å². The van der Waals surface area contributed by atoms with Gasteiger partial charge in [-0.2, -0.15) is 5.26 Å². The van der Waals surface area contributed by atoms with E-state index >= 15 is 0 Å². The highest BCUT2D eigenvalue weighted by molar-refractivity contribution is 5.83. The molecule has 1 saturated heterocycles. The normalized spacial score (nSPS) is 15.7. The predicted molar refractivity (Wildman–Crippen MR) is 60.0 cm³/mol. The molecular weight excluding hydrogens is 218 g/mol. The number of aromatic nitrogens is 1. The average molecular weight is 231 g/mol. The van der Waals surface area contributed by atoms with Crippen LogP contribution in [0, 0.1) is 11.3 Å². The van der Waals surface area contributed by atoms with Crippen molar-refractivity contribution in [2.75, 3.05) is 13.1 Å². The highest BCUT2D eigenvalue weighted by Gasteiger charge is 2.21. The number of hydrogen-bond donors (Lipinski definition) is 0. The van der Waals surface area contributed by atoms with E-state index in [1.807, 2.05) is 6.07 Å². The zero-order valence-corrected chi connectivity index (χ0v) is 9.43. The second-order valence-corrected chi connectivity index (χ2v) is 4.05. The third kappa shape index (κ3) is 2.53. The first-order valence-corrected chi connectivity index (χ1v) is 5.55. The van der Waals surface area contributed by atoms with Crippen LogP contribution in [-0.4, -0.2) is 34.2 Å². The average Bonchev–Trinajstić information content (AvgIpc) is 2.77. The summed E-state index contributed by atoms with van der Waals surface area (Å²) in [6.45, 7) is 1.17. The molecule has 2 rings (SSSR count). The highest BCUT2D eigenvalue weighted by Crippen LogP contribution is 2.08. The van der Waals surface area contributed by atoms with Gasteiger partial charge in [-0.1, -0.05) is 0 Å². The number of amides is 1. The van der Waals surface area contributed by atoms with E-state index in [-0.39, 0.29) is 18.2 Å². The van der Waals surface area contributed by atoms with Gasteiger partial charge in [0.15, 0.2) is 0 Å². The lowest BCUT2D eigenvalue weighted by Gasteiger charge is -2.26. The smallest absolute Gasteiger partial charge is 0.242 e. The van der Waals surface area contributed by atoms with Gasteiger partial charge < -0.3 is 9.47 Å². The number of hydrogen-bond acceptors (Lipinski definition) is 3. The van der Waals surface area contributed by atoms with E-state index in [1.54, 1.807) is 27.8 Å². The van der Waals surface area contributed by atoms with Crippen LogP contribution in [0.4, 0.5) is 0 Å². The largest absolute Gasteiger partial charge is 0.340 e. The lowest BCUT2D eigenvalue weighted by atomic mass is 10.1. The predicted octanol–water partition coefficient (Wildman–Crippen LogP) is 0.551. The summed E-state index contributed by atoms with van der Waals surface area (Å²) in [6, 6.07) is 5.44. The third-order valence-corrected chi connectivity index (χ3v) is 2.92. The molecule has 1 aromatic rings. The molecule has 1 aliphatic rings. The summed E-state index contributed by atoms with van der Waals surface area (Å²) in [5.41, 5.74) is 0.478. The number of rotatable bonds is 2. The molecule has 0 N–H and O–H groups in total. The molecule has 5 nitrogen and oxygen atoms in total. The fraction of sp³-hybridized carbons (Fsp3) is 0.417. The topological polar surface area (TPSA) is 66.1 Å². The van der Waals surface area contributed by atoms with Crippen molar-refractivity contribution in [1.82, 2.24) is 9.47 Å². The van der Waals surface area contributed by atoms with Gasteiger partial charge in [0, 0.05) is 32.1 Å². The van der Waals surface area contributed by atoms with Crippen LogP contribution in [0.15, 0.2) is 18.3 Å². The van der Waals surface area contributed by atoms with E-state index < -0.39 is 0 Å². The first kappa shape index (κ1) is 11.4. The Morgan fingerprint density at radius 3 is 2.76 bits per heavy atom. The van der Waals surface area contributed by atoms with E-state index in [0.717, 1.165) is 0 Å². The van der Waals surface area contributed by atoms with Crippen molar-refractivity contribution in [2.45, 2.75) is 19.4 Å². The first-order chi connectivity index (χ1) is 8.20. The zero-order valence-electron chi connectivity index (χ0n) is 9.43. The molecule has 0 spiro atoms. The Morgan fingerprint density at radius 1 is 1.41 bits per heavy atom. The van der Waals surface area contributed by atoms with Gasteiger partial charge >= 0.3 is 0 Å². The monoisotopic (exact) mass is 231 g/mol. The van der Waals surface area contributed by atoms with Gasteiger partial charge in [-0.25, -0.2) is 0 Å². The number of piperidine rings is 1. The molecule has 0 bridgehead atoms. The minimum Gasteiger partial charge on any atom is -0.340 e. The molecule has 88 valence electrons. The molecule has 1 fully saturated rings. The van der Waals surface area contributed by atoms with E-state index in [2.05, 4.69) is 0 Å². The van der Waals surface area contributed by atoms with Gasteiger partial charge in [-0.15, -0.1) is 0 Å². The van der Waals surface area contributed by atoms with Crippen molar-refractivity contribution >= 4 is 11.7 Å². The summed E-state index contributed by atoms with van der Waals surface area (Å²) in [4.78, 5) is 24.7. The fourth-order valence-electron chi connectivity index (χ4n) is 1.90. The summed E-state index contributed by atoms with van der Waals surface area (Å²) >= 11 is 0. The Balaban J connectivity index is 1.98. The molecule has 17 heavy (non-hydrogen) atoms. The van der Waals surface area contributed by atoms with Crippen molar-refractivity contribution in [3.63, 3.8) is 0 Å². The van der Waals surface area contributed by atoms with Gasteiger partial charge in [-0.05, 0) is 12.1 Å². The highest BCUT2D eigenvalue weighted by atomic mass is 16.2. The second kappa shape index (κ2) is 4.83. The minimum atomic E-state index is -0.0369. The van der Waals surface area contributed by atoms with Crippen LogP contribution in [0.3, 0.4) is 0 Å². The van der Waals surface area contributed by atoms with Gasteiger partial charge in [0.1, 0.15) is 24.1 Å². The quantitative estimate of drug-likeness (QED) is 0.746. The third-order valence-electron chi connectivity index (χ3n) is 2.92. The number of carbonyl (C=O) groups is 2. The molecule has 0 aliphatic carbocycles. The van der Waals surface area contributed by atoms with Gasteiger partial charge in [0.25, 0.3) is 0 Å². The molecule has 1 aliphatic heterocycles. The Hall–Kier alpha value is -2.09. The van der Waals surface area contributed by atoms with E-state index in [0.29, 0.717) is 31.6 Å². The van der Waals surface area contributed by atoms with E-state index in [4.69, 9.17) is 5.26 Å². The fourth-order valence-corrected chi connectivity index (χ4v) is 1.90.